The van der Waals surface area contributed by atoms with Gasteiger partial charge in [-0.05, 0) is 30.5 Å². The number of anilines is 1. The molecule has 1 aromatic carbocycles. The Balaban J connectivity index is 1.39. The third kappa shape index (κ3) is 3.56. The molecule has 0 N–H and O–H groups in total. The molecule has 0 radical (unpaired) electrons. The Labute approximate surface area is 171 Å². The SMILES string of the molecule is COc1ccc(N2CCN(C(=O)[C@H]3Sc4nc(SC)ncc4C3=O)CC2)cc1. The van der Waals surface area contributed by atoms with Crippen LogP contribution in [-0.2, 0) is 4.79 Å². The number of amides is 1. The Morgan fingerprint density at radius 2 is 1.93 bits per heavy atom. The molecular weight excluding hydrogens is 396 g/mol. The number of Topliss-reactive ketones (excluding diaryl/α,β-unsaturated/α-hetero) is 1. The molecule has 2 aliphatic heterocycles. The van der Waals surface area contributed by atoms with Crippen molar-refractivity contribution in [3.8, 4) is 5.75 Å². The monoisotopic (exact) mass is 416 g/mol. The van der Waals surface area contributed by atoms with E-state index in [1.165, 1.54) is 23.5 Å². The highest BCUT2D eigenvalue weighted by molar-refractivity contribution is 8.02. The Morgan fingerprint density at radius 3 is 2.57 bits per heavy atom. The average molecular weight is 417 g/mol. The number of fused-ring (bicyclic) bond motifs is 1. The molecule has 7 nitrogen and oxygen atoms in total. The van der Waals surface area contributed by atoms with Crippen molar-refractivity contribution in [2.45, 2.75) is 15.4 Å². The third-order valence-electron chi connectivity index (χ3n) is 4.90. The molecule has 146 valence electrons. The number of ketones is 1. The maximum atomic E-state index is 13.0. The van der Waals surface area contributed by atoms with Crippen molar-refractivity contribution < 1.29 is 14.3 Å². The molecule has 2 aliphatic rings. The largest absolute Gasteiger partial charge is 0.497 e. The van der Waals surface area contributed by atoms with Gasteiger partial charge in [0, 0.05) is 38.1 Å². The fourth-order valence-electron chi connectivity index (χ4n) is 3.32. The smallest absolute Gasteiger partial charge is 0.244 e. The van der Waals surface area contributed by atoms with Crippen molar-refractivity contribution in [2.75, 3.05) is 44.4 Å². The lowest BCUT2D eigenvalue weighted by Gasteiger charge is -2.36. The summed E-state index contributed by atoms with van der Waals surface area (Å²) in [4.78, 5) is 38.2. The predicted molar refractivity (Wildman–Crippen MR) is 110 cm³/mol. The molecule has 1 atom stereocenters. The van der Waals surface area contributed by atoms with Crippen LogP contribution in [0.5, 0.6) is 5.75 Å². The maximum absolute atomic E-state index is 13.0. The molecule has 0 saturated carbocycles. The zero-order valence-corrected chi connectivity index (χ0v) is 17.3. The zero-order chi connectivity index (χ0) is 19.7. The fourth-order valence-corrected chi connectivity index (χ4v) is 4.85. The van der Waals surface area contributed by atoms with Gasteiger partial charge in [0.1, 0.15) is 10.8 Å². The van der Waals surface area contributed by atoms with Crippen LogP contribution in [0.1, 0.15) is 10.4 Å². The van der Waals surface area contributed by atoms with Gasteiger partial charge in [0.15, 0.2) is 16.2 Å². The van der Waals surface area contributed by atoms with Gasteiger partial charge in [0.05, 0.1) is 12.7 Å². The van der Waals surface area contributed by atoms with Crippen LogP contribution in [0.15, 0.2) is 40.6 Å². The second kappa shape index (κ2) is 8.00. The summed E-state index contributed by atoms with van der Waals surface area (Å²) >= 11 is 2.66. The van der Waals surface area contributed by atoms with Gasteiger partial charge in [-0.3, -0.25) is 9.59 Å². The van der Waals surface area contributed by atoms with E-state index >= 15 is 0 Å². The lowest BCUT2D eigenvalue weighted by Crippen LogP contribution is -2.51. The standard InChI is InChI=1S/C19H20N4O3S2/c1-26-13-5-3-12(4-6-13)22-7-9-23(10-8-22)18(25)16-15(24)14-11-20-19(27-2)21-17(14)28-16/h3-6,11,16H,7-10H2,1-2H3/t16-/m0/s1. The van der Waals surface area contributed by atoms with E-state index in [9.17, 15) is 9.59 Å². The molecule has 3 heterocycles. The van der Waals surface area contributed by atoms with E-state index in [0.29, 0.717) is 28.8 Å². The highest BCUT2D eigenvalue weighted by atomic mass is 32.2. The number of rotatable bonds is 4. The number of hydrogen-bond donors (Lipinski definition) is 0. The summed E-state index contributed by atoms with van der Waals surface area (Å²) in [6.07, 6.45) is 3.42. The number of methoxy groups -OCH3 is 1. The number of carbonyl (C=O) groups excluding carboxylic acids is 2. The van der Waals surface area contributed by atoms with Crippen molar-refractivity contribution >= 4 is 40.9 Å². The first-order chi connectivity index (χ1) is 13.6. The van der Waals surface area contributed by atoms with E-state index in [-0.39, 0.29) is 11.7 Å². The van der Waals surface area contributed by atoms with Crippen LogP contribution in [0.25, 0.3) is 0 Å². The first-order valence-corrected chi connectivity index (χ1v) is 11.0. The van der Waals surface area contributed by atoms with Crippen LogP contribution in [0.2, 0.25) is 0 Å². The van der Waals surface area contributed by atoms with Gasteiger partial charge in [-0.15, -0.1) is 0 Å². The second-order valence-electron chi connectivity index (χ2n) is 6.45. The molecule has 1 amide bonds. The van der Waals surface area contributed by atoms with Gasteiger partial charge < -0.3 is 14.5 Å². The van der Waals surface area contributed by atoms with E-state index in [1.807, 2.05) is 30.5 Å². The first-order valence-electron chi connectivity index (χ1n) is 8.90. The molecule has 9 heteroatoms. The minimum atomic E-state index is -0.742. The van der Waals surface area contributed by atoms with Crippen LogP contribution < -0.4 is 9.64 Å². The number of thioether (sulfide) groups is 2. The normalized spacial score (nSPS) is 18.9. The third-order valence-corrected chi connectivity index (χ3v) is 6.65. The lowest BCUT2D eigenvalue weighted by atomic mass is 10.1. The number of carbonyl (C=O) groups is 2. The predicted octanol–water partition coefficient (Wildman–Crippen LogP) is 2.21. The molecule has 4 rings (SSSR count). The van der Waals surface area contributed by atoms with Gasteiger partial charge in [-0.25, -0.2) is 9.97 Å². The van der Waals surface area contributed by atoms with Gasteiger partial charge in [0.25, 0.3) is 0 Å². The van der Waals surface area contributed by atoms with E-state index < -0.39 is 5.25 Å². The van der Waals surface area contributed by atoms with Gasteiger partial charge in [-0.1, -0.05) is 23.5 Å². The number of ether oxygens (including phenoxy) is 1. The molecule has 1 fully saturated rings. The summed E-state index contributed by atoms with van der Waals surface area (Å²) in [7, 11) is 1.65. The molecule has 0 spiro atoms. The molecule has 1 saturated heterocycles. The second-order valence-corrected chi connectivity index (χ2v) is 8.32. The van der Waals surface area contributed by atoms with Gasteiger partial charge in [0.2, 0.25) is 5.91 Å². The highest BCUT2D eigenvalue weighted by Gasteiger charge is 2.41. The molecule has 2 aromatic rings. The van der Waals surface area contributed by atoms with Crippen LogP contribution >= 0.6 is 23.5 Å². The molecular formula is C19H20N4O3S2. The first kappa shape index (κ1) is 19.1. The summed E-state index contributed by atoms with van der Waals surface area (Å²) in [5, 5.41) is 0.480. The fraction of sp³-hybridized carbons (Fsp3) is 0.368. The van der Waals surface area contributed by atoms with Crippen LogP contribution in [0, 0.1) is 0 Å². The van der Waals surface area contributed by atoms with Crippen LogP contribution in [0.3, 0.4) is 0 Å². The number of aromatic nitrogens is 2. The van der Waals surface area contributed by atoms with Crippen molar-refractivity contribution in [2.24, 2.45) is 0 Å². The van der Waals surface area contributed by atoms with Gasteiger partial charge in [-0.2, -0.15) is 0 Å². The maximum Gasteiger partial charge on any atom is 0.244 e. The molecule has 28 heavy (non-hydrogen) atoms. The summed E-state index contributed by atoms with van der Waals surface area (Å²) < 4.78 is 5.20. The number of nitrogens with zero attached hydrogens (tertiary/aromatic N) is 4. The highest BCUT2D eigenvalue weighted by Crippen LogP contribution is 2.37. The molecule has 0 aliphatic carbocycles. The molecule has 0 unspecified atom stereocenters. The Morgan fingerprint density at radius 1 is 1.21 bits per heavy atom. The van der Waals surface area contributed by atoms with Crippen molar-refractivity contribution in [1.29, 1.82) is 0 Å². The summed E-state index contributed by atoms with van der Waals surface area (Å²) in [5.74, 6) is 0.505. The molecule has 1 aromatic heterocycles. The minimum absolute atomic E-state index is 0.131. The lowest BCUT2D eigenvalue weighted by molar-refractivity contribution is -0.130. The topological polar surface area (TPSA) is 75.6 Å². The van der Waals surface area contributed by atoms with Crippen LogP contribution in [-0.4, -0.2) is 71.4 Å². The van der Waals surface area contributed by atoms with Crippen molar-refractivity contribution in [1.82, 2.24) is 14.9 Å². The van der Waals surface area contributed by atoms with E-state index in [4.69, 9.17) is 4.74 Å². The zero-order valence-electron chi connectivity index (χ0n) is 15.6. The van der Waals surface area contributed by atoms with Crippen LogP contribution in [0.4, 0.5) is 5.69 Å². The Kier molecular flexibility index (Phi) is 5.45. The number of hydrogen-bond acceptors (Lipinski definition) is 8. The van der Waals surface area contributed by atoms with E-state index in [1.54, 1.807) is 18.2 Å². The number of benzene rings is 1. The average Bonchev–Trinajstić information content (AvgIpc) is 3.09. The minimum Gasteiger partial charge on any atom is -0.497 e. The summed E-state index contributed by atoms with van der Waals surface area (Å²) in [6, 6.07) is 7.90. The van der Waals surface area contributed by atoms with E-state index in [2.05, 4.69) is 14.9 Å². The Hall–Kier alpha value is -2.26. The molecule has 0 bridgehead atoms. The summed E-state index contributed by atoms with van der Waals surface area (Å²) in [6.45, 7) is 2.64. The van der Waals surface area contributed by atoms with Crippen molar-refractivity contribution in [3.05, 3.63) is 36.0 Å². The van der Waals surface area contributed by atoms with Gasteiger partial charge >= 0.3 is 0 Å². The Bertz CT molecular complexity index is 899. The van der Waals surface area contributed by atoms with E-state index in [0.717, 1.165) is 24.5 Å². The number of piperazine rings is 1. The quantitative estimate of drug-likeness (QED) is 0.325. The summed E-state index contributed by atoms with van der Waals surface area (Å²) in [5.41, 5.74) is 1.56. The van der Waals surface area contributed by atoms with Crippen molar-refractivity contribution in [3.63, 3.8) is 0 Å².